The summed E-state index contributed by atoms with van der Waals surface area (Å²) in [5, 5.41) is 2.65. The quantitative estimate of drug-likeness (QED) is 0.733. The highest BCUT2D eigenvalue weighted by molar-refractivity contribution is 6.39. The Morgan fingerprint density at radius 1 is 0.923 bits per heavy atom. The van der Waals surface area contributed by atoms with Crippen LogP contribution in [-0.4, -0.2) is 29.8 Å². The van der Waals surface area contributed by atoms with Gasteiger partial charge in [0.25, 0.3) is 0 Å². The molecule has 26 heavy (non-hydrogen) atoms. The lowest BCUT2D eigenvalue weighted by Gasteiger charge is -2.20. The van der Waals surface area contributed by atoms with Crippen molar-refractivity contribution in [2.75, 3.05) is 18.4 Å². The highest BCUT2D eigenvalue weighted by atomic mass is 16.5. The second-order valence-corrected chi connectivity index (χ2v) is 6.04. The Morgan fingerprint density at radius 3 is 2.12 bits per heavy atom. The fraction of sp³-hybridized carbons (Fsp3) is 0.333. The summed E-state index contributed by atoms with van der Waals surface area (Å²) in [7, 11) is 0. The van der Waals surface area contributed by atoms with Crippen LogP contribution in [-0.2, 0) is 16.2 Å². The molecule has 0 radical (unpaired) electrons. The number of rotatable bonds is 8. The Balaban J connectivity index is 1.89. The molecule has 2 amide bonds. The van der Waals surface area contributed by atoms with Crippen molar-refractivity contribution in [1.29, 1.82) is 0 Å². The molecule has 0 saturated heterocycles. The van der Waals surface area contributed by atoms with Gasteiger partial charge >= 0.3 is 11.8 Å². The van der Waals surface area contributed by atoms with E-state index in [-0.39, 0.29) is 0 Å². The van der Waals surface area contributed by atoms with Gasteiger partial charge in [-0.1, -0.05) is 44.2 Å². The molecule has 0 aliphatic heterocycles. The van der Waals surface area contributed by atoms with Crippen LogP contribution in [0.3, 0.4) is 0 Å². The molecular weight excluding hydrogens is 328 g/mol. The van der Waals surface area contributed by atoms with Crippen LogP contribution in [0.15, 0.2) is 54.6 Å². The van der Waals surface area contributed by atoms with Crippen molar-refractivity contribution in [3.8, 4) is 5.75 Å². The Hall–Kier alpha value is -2.82. The summed E-state index contributed by atoms with van der Waals surface area (Å²) < 4.78 is 5.71. The number of hydrogen-bond donors (Lipinski definition) is 1. The number of ether oxygens (including phenoxy) is 1. The Bertz CT molecular complexity index is 693. The summed E-state index contributed by atoms with van der Waals surface area (Å²) in [5.74, 6) is -0.389. The van der Waals surface area contributed by atoms with Crippen LogP contribution in [0.1, 0.15) is 32.3 Å². The minimum absolute atomic E-state index is 0.480. The highest BCUT2D eigenvalue weighted by Gasteiger charge is 2.20. The topological polar surface area (TPSA) is 58.6 Å². The zero-order chi connectivity index (χ0) is 18.8. The van der Waals surface area contributed by atoms with Gasteiger partial charge in [-0.2, -0.15) is 0 Å². The highest BCUT2D eigenvalue weighted by Crippen LogP contribution is 2.17. The molecule has 0 unspecified atom stereocenters. The van der Waals surface area contributed by atoms with E-state index in [0.717, 1.165) is 18.4 Å². The van der Waals surface area contributed by atoms with Crippen LogP contribution in [0.5, 0.6) is 5.75 Å². The molecule has 138 valence electrons. The second kappa shape index (κ2) is 10.2. The van der Waals surface area contributed by atoms with E-state index in [1.165, 1.54) is 0 Å². The Kier molecular flexibility index (Phi) is 7.68. The van der Waals surface area contributed by atoms with Gasteiger partial charge in [-0.15, -0.1) is 0 Å². The number of hydrogen-bond acceptors (Lipinski definition) is 3. The second-order valence-electron chi connectivity index (χ2n) is 6.04. The van der Waals surface area contributed by atoms with Gasteiger partial charge in [-0.25, -0.2) is 0 Å². The number of benzene rings is 2. The van der Waals surface area contributed by atoms with Gasteiger partial charge in [-0.05, 0) is 42.7 Å². The number of amides is 2. The number of nitrogens with one attached hydrogen (secondary N) is 1. The van der Waals surface area contributed by atoms with Gasteiger partial charge < -0.3 is 15.0 Å². The minimum atomic E-state index is -0.607. The van der Waals surface area contributed by atoms with Crippen molar-refractivity contribution < 1.29 is 14.3 Å². The maximum atomic E-state index is 12.2. The summed E-state index contributed by atoms with van der Waals surface area (Å²) in [4.78, 5) is 26.0. The lowest BCUT2D eigenvalue weighted by molar-refractivity contribution is -0.143. The first kappa shape index (κ1) is 19.5. The van der Waals surface area contributed by atoms with Crippen LogP contribution in [0.4, 0.5) is 5.69 Å². The van der Waals surface area contributed by atoms with Crippen LogP contribution in [0.25, 0.3) is 0 Å². The van der Waals surface area contributed by atoms with Gasteiger partial charge in [0.05, 0.1) is 0 Å². The summed E-state index contributed by atoms with van der Waals surface area (Å²) in [6.45, 7) is 5.64. The van der Waals surface area contributed by atoms with Crippen LogP contribution in [0, 0.1) is 0 Å². The summed E-state index contributed by atoms with van der Waals surface area (Å²) in [5.41, 5.74) is 1.66. The third kappa shape index (κ3) is 5.92. The number of carbonyl (C=O) groups excluding carboxylic acids is 2. The molecule has 0 bridgehead atoms. The molecule has 2 aromatic carbocycles. The van der Waals surface area contributed by atoms with E-state index < -0.39 is 11.8 Å². The smallest absolute Gasteiger partial charge is 0.313 e. The molecule has 0 spiro atoms. The number of nitrogens with zero attached hydrogens (tertiary/aromatic N) is 1. The normalized spacial score (nSPS) is 10.2. The van der Waals surface area contributed by atoms with Crippen molar-refractivity contribution in [3.63, 3.8) is 0 Å². The fourth-order valence-electron chi connectivity index (χ4n) is 2.56. The Labute approximate surface area is 155 Å². The predicted molar refractivity (Wildman–Crippen MR) is 103 cm³/mol. The fourth-order valence-corrected chi connectivity index (χ4v) is 2.56. The molecular formula is C21H26N2O3. The third-order valence-corrected chi connectivity index (χ3v) is 3.83. The minimum Gasteiger partial charge on any atom is -0.489 e. The van der Waals surface area contributed by atoms with E-state index in [0.29, 0.717) is 31.1 Å². The van der Waals surface area contributed by atoms with Crippen molar-refractivity contribution in [1.82, 2.24) is 4.90 Å². The number of anilines is 1. The first-order valence-electron chi connectivity index (χ1n) is 9.01. The van der Waals surface area contributed by atoms with Gasteiger partial charge in [0, 0.05) is 18.8 Å². The van der Waals surface area contributed by atoms with E-state index in [4.69, 9.17) is 4.74 Å². The van der Waals surface area contributed by atoms with Crippen molar-refractivity contribution >= 4 is 17.5 Å². The molecule has 0 aliphatic carbocycles. The molecule has 0 heterocycles. The molecule has 2 aromatic rings. The van der Waals surface area contributed by atoms with E-state index in [9.17, 15) is 9.59 Å². The van der Waals surface area contributed by atoms with Crippen molar-refractivity contribution in [2.24, 2.45) is 0 Å². The summed E-state index contributed by atoms with van der Waals surface area (Å²) in [6, 6.07) is 16.9. The zero-order valence-electron chi connectivity index (χ0n) is 15.4. The predicted octanol–water partition coefficient (Wildman–Crippen LogP) is 3.85. The first-order chi connectivity index (χ1) is 12.6. The molecule has 5 heteroatoms. The standard InChI is InChI=1S/C21H26N2O3/c1-3-14-23(15-4-2)21(25)20(24)22-18-10-12-19(13-11-18)26-16-17-8-6-5-7-9-17/h5-13H,3-4,14-16H2,1-2H3,(H,22,24). The van der Waals surface area contributed by atoms with Crippen LogP contribution >= 0.6 is 0 Å². The lowest BCUT2D eigenvalue weighted by atomic mass is 10.2. The van der Waals surface area contributed by atoms with Crippen LogP contribution < -0.4 is 10.1 Å². The van der Waals surface area contributed by atoms with Gasteiger partial charge in [0.1, 0.15) is 12.4 Å². The summed E-state index contributed by atoms with van der Waals surface area (Å²) in [6.07, 6.45) is 1.65. The Morgan fingerprint density at radius 2 is 1.54 bits per heavy atom. The maximum Gasteiger partial charge on any atom is 0.313 e. The van der Waals surface area contributed by atoms with Gasteiger partial charge in [-0.3, -0.25) is 9.59 Å². The van der Waals surface area contributed by atoms with E-state index in [1.807, 2.05) is 44.2 Å². The SMILES string of the molecule is CCCN(CCC)C(=O)C(=O)Nc1ccc(OCc2ccccc2)cc1. The molecule has 1 N–H and O–H groups in total. The third-order valence-electron chi connectivity index (χ3n) is 3.83. The molecule has 0 atom stereocenters. The largest absolute Gasteiger partial charge is 0.489 e. The van der Waals surface area contributed by atoms with Gasteiger partial charge in [0.15, 0.2) is 0 Å². The molecule has 0 fully saturated rings. The molecule has 0 saturated carbocycles. The monoisotopic (exact) mass is 354 g/mol. The van der Waals surface area contributed by atoms with Crippen molar-refractivity contribution in [2.45, 2.75) is 33.3 Å². The lowest BCUT2D eigenvalue weighted by Crippen LogP contribution is -2.40. The molecule has 5 nitrogen and oxygen atoms in total. The molecule has 0 aliphatic rings. The summed E-state index contributed by atoms with van der Waals surface area (Å²) >= 11 is 0. The van der Waals surface area contributed by atoms with E-state index >= 15 is 0 Å². The van der Waals surface area contributed by atoms with E-state index in [1.54, 1.807) is 29.2 Å². The van der Waals surface area contributed by atoms with Crippen molar-refractivity contribution in [3.05, 3.63) is 60.2 Å². The number of carbonyl (C=O) groups is 2. The van der Waals surface area contributed by atoms with Crippen LogP contribution in [0.2, 0.25) is 0 Å². The average Bonchev–Trinajstić information content (AvgIpc) is 2.67. The average molecular weight is 354 g/mol. The zero-order valence-corrected chi connectivity index (χ0v) is 15.4. The molecule has 2 rings (SSSR count). The van der Waals surface area contributed by atoms with E-state index in [2.05, 4.69) is 5.32 Å². The molecule has 0 aromatic heterocycles. The maximum absolute atomic E-state index is 12.2. The first-order valence-corrected chi connectivity index (χ1v) is 9.01. The van der Waals surface area contributed by atoms with Gasteiger partial charge in [0.2, 0.25) is 0 Å².